The Kier molecular flexibility index (Phi) is 4.46. The molecule has 1 amide bonds. The molecule has 0 N–H and O–H groups in total. The lowest BCUT2D eigenvalue weighted by Gasteiger charge is -2.20. The van der Waals surface area contributed by atoms with Crippen LogP contribution >= 0.6 is 11.3 Å². The number of fused-ring (bicyclic) bond motifs is 1. The highest BCUT2D eigenvalue weighted by Gasteiger charge is 2.21. The third kappa shape index (κ3) is 3.34. The summed E-state index contributed by atoms with van der Waals surface area (Å²) in [7, 11) is 0. The largest absolute Gasteiger partial charge is 0.279 e. The van der Waals surface area contributed by atoms with E-state index >= 15 is 0 Å². The first kappa shape index (κ1) is 16.4. The fraction of sp³-hybridized carbons (Fsp3) is 0.0476. The molecule has 0 saturated heterocycles. The molecule has 0 aliphatic rings. The van der Waals surface area contributed by atoms with E-state index < -0.39 is 0 Å². The summed E-state index contributed by atoms with van der Waals surface area (Å²) < 4.78 is 14.2. The topological polar surface area (TPSA) is 33.2 Å². The summed E-state index contributed by atoms with van der Waals surface area (Å²) >= 11 is 1.47. The minimum Gasteiger partial charge on any atom is -0.279 e. The maximum Gasteiger partial charge on any atom is 0.260 e. The van der Waals surface area contributed by atoms with E-state index in [1.54, 1.807) is 4.90 Å². The second kappa shape index (κ2) is 7.06. The van der Waals surface area contributed by atoms with E-state index in [0.29, 0.717) is 17.2 Å². The van der Waals surface area contributed by atoms with Crippen molar-refractivity contribution in [1.82, 2.24) is 4.98 Å². The van der Waals surface area contributed by atoms with Crippen LogP contribution in [-0.4, -0.2) is 10.9 Å². The highest BCUT2D eigenvalue weighted by molar-refractivity contribution is 7.22. The van der Waals surface area contributed by atoms with Crippen molar-refractivity contribution in [3.63, 3.8) is 0 Å². The lowest BCUT2D eigenvalue weighted by atomic mass is 10.1. The minimum atomic E-state index is -0.365. The van der Waals surface area contributed by atoms with Crippen LogP contribution in [0.4, 0.5) is 9.52 Å². The molecular weight excluding hydrogens is 347 g/mol. The van der Waals surface area contributed by atoms with Gasteiger partial charge in [0.05, 0.1) is 16.8 Å². The molecule has 3 nitrogen and oxygen atoms in total. The van der Waals surface area contributed by atoms with E-state index in [1.807, 2.05) is 54.6 Å². The molecule has 1 heterocycles. The van der Waals surface area contributed by atoms with Crippen molar-refractivity contribution in [2.45, 2.75) is 6.54 Å². The minimum absolute atomic E-state index is 0.201. The van der Waals surface area contributed by atoms with E-state index in [1.165, 1.54) is 35.6 Å². The van der Waals surface area contributed by atoms with Gasteiger partial charge in [0.15, 0.2) is 5.13 Å². The van der Waals surface area contributed by atoms with Gasteiger partial charge in [0.2, 0.25) is 0 Å². The number of carbonyl (C=O) groups is 1. The summed E-state index contributed by atoms with van der Waals surface area (Å²) in [6, 6.07) is 23.2. The predicted octanol–water partition coefficient (Wildman–Crippen LogP) is 5.28. The second-order valence-electron chi connectivity index (χ2n) is 5.85. The Labute approximate surface area is 154 Å². The molecule has 0 radical (unpaired) electrons. The Bertz CT molecular complexity index is 1010. The zero-order chi connectivity index (χ0) is 17.9. The predicted molar refractivity (Wildman–Crippen MR) is 103 cm³/mol. The molecule has 128 valence electrons. The highest BCUT2D eigenvalue weighted by Crippen LogP contribution is 2.30. The van der Waals surface area contributed by atoms with E-state index in [4.69, 9.17) is 0 Å². The third-order valence-corrected chi connectivity index (χ3v) is 5.09. The molecule has 0 aliphatic heterocycles. The van der Waals surface area contributed by atoms with Crippen LogP contribution in [0.25, 0.3) is 10.2 Å². The van der Waals surface area contributed by atoms with Gasteiger partial charge < -0.3 is 0 Å². The molecule has 5 heteroatoms. The number of hydrogen-bond donors (Lipinski definition) is 0. The van der Waals surface area contributed by atoms with Gasteiger partial charge >= 0.3 is 0 Å². The SMILES string of the molecule is O=C(c1ccc(F)cc1)N(Cc1ccccc1)c1nc2ccccc2s1. The van der Waals surface area contributed by atoms with Gasteiger partial charge in [-0.05, 0) is 42.0 Å². The Balaban J connectivity index is 1.75. The van der Waals surface area contributed by atoms with Gasteiger partial charge in [0.1, 0.15) is 5.82 Å². The summed E-state index contributed by atoms with van der Waals surface area (Å²) in [6.07, 6.45) is 0. The fourth-order valence-electron chi connectivity index (χ4n) is 2.72. The van der Waals surface area contributed by atoms with Crippen molar-refractivity contribution >= 4 is 32.6 Å². The zero-order valence-corrected chi connectivity index (χ0v) is 14.6. The quantitative estimate of drug-likeness (QED) is 0.495. The maximum atomic E-state index is 13.2. The summed E-state index contributed by atoms with van der Waals surface area (Å²) in [4.78, 5) is 19.4. The molecule has 4 aromatic rings. The molecule has 0 fully saturated rings. The lowest BCUT2D eigenvalue weighted by Crippen LogP contribution is -2.30. The molecule has 3 aromatic carbocycles. The molecule has 0 atom stereocenters. The van der Waals surface area contributed by atoms with Gasteiger partial charge in [-0.3, -0.25) is 9.69 Å². The van der Waals surface area contributed by atoms with E-state index in [-0.39, 0.29) is 11.7 Å². The van der Waals surface area contributed by atoms with Crippen molar-refractivity contribution in [2.24, 2.45) is 0 Å². The number of para-hydroxylation sites is 1. The average Bonchev–Trinajstić information content (AvgIpc) is 3.11. The molecule has 4 rings (SSSR count). The fourth-order valence-corrected chi connectivity index (χ4v) is 3.68. The average molecular weight is 362 g/mol. The number of anilines is 1. The zero-order valence-electron chi connectivity index (χ0n) is 13.8. The standard InChI is InChI=1S/C21H15FN2OS/c22-17-12-10-16(11-13-17)20(25)24(14-15-6-2-1-3-7-15)21-23-18-8-4-5-9-19(18)26-21/h1-13H,14H2. The van der Waals surface area contributed by atoms with Gasteiger partial charge in [0.25, 0.3) is 5.91 Å². The number of aromatic nitrogens is 1. The van der Waals surface area contributed by atoms with E-state index in [2.05, 4.69) is 4.98 Å². The maximum absolute atomic E-state index is 13.2. The molecule has 0 aliphatic carbocycles. The van der Waals surface area contributed by atoms with Crippen LogP contribution in [-0.2, 0) is 6.54 Å². The number of thiazole rings is 1. The number of halogens is 1. The smallest absolute Gasteiger partial charge is 0.260 e. The molecule has 0 spiro atoms. The second-order valence-corrected chi connectivity index (χ2v) is 6.86. The number of carbonyl (C=O) groups excluding carboxylic acids is 1. The van der Waals surface area contributed by atoms with Crippen LogP contribution < -0.4 is 4.90 Å². The number of benzene rings is 3. The Hall–Kier alpha value is -3.05. The van der Waals surface area contributed by atoms with Gasteiger partial charge in [-0.2, -0.15) is 0 Å². The summed E-state index contributed by atoms with van der Waals surface area (Å²) in [5, 5.41) is 0.629. The van der Waals surface area contributed by atoms with Crippen molar-refractivity contribution in [1.29, 1.82) is 0 Å². The molecule has 0 unspecified atom stereocenters. The monoisotopic (exact) mass is 362 g/mol. The first-order valence-corrected chi connectivity index (χ1v) is 8.99. The summed E-state index contributed by atoms with van der Waals surface area (Å²) in [5.74, 6) is -0.566. The van der Waals surface area contributed by atoms with Crippen molar-refractivity contribution in [3.05, 3.63) is 95.8 Å². The van der Waals surface area contributed by atoms with Crippen molar-refractivity contribution in [2.75, 3.05) is 4.90 Å². The van der Waals surface area contributed by atoms with E-state index in [0.717, 1.165) is 15.8 Å². The Morgan fingerprint density at radius 3 is 2.35 bits per heavy atom. The van der Waals surface area contributed by atoms with Gasteiger partial charge in [-0.15, -0.1) is 0 Å². The van der Waals surface area contributed by atoms with Gasteiger partial charge in [0, 0.05) is 5.56 Å². The van der Waals surface area contributed by atoms with Crippen LogP contribution in [0.3, 0.4) is 0 Å². The molecular formula is C21H15FN2OS. The van der Waals surface area contributed by atoms with Crippen LogP contribution in [0.5, 0.6) is 0 Å². The first-order chi connectivity index (χ1) is 12.7. The lowest BCUT2D eigenvalue weighted by molar-refractivity contribution is 0.0985. The normalized spacial score (nSPS) is 10.8. The van der Waals surface area contributed by atoms with Crippen LogP contribution in [0.1, 0.15) is 15.9 Å². The van der Waals surface area contributed by atoms with Gasteiger partial charge in [-0.1, -0.05) is 53.8 Å². The van der Waals surface area contributed by atoms with Crippen LogP contribution in [0, 0.1) is 5.82 Å². The summed E-state index contributed by atoms with van der Waals surface area (Å²) in [5.41, 5.74) is 2.29. The van der Waals surface area contributed by atoms with Crippen molar-refractivity contribution in [3.8, 4) is 0 Å². The number of nitrogens with zero attached hydrogens (tertiary/aromatic N) is 2. The van der Waals surface area contributed by atoms with Crippen molar-refractivity contribution < 1.29 is 9.18 Å². The summed E-state index contributed by atoms with van der Waals surface area (Å²) in [6.45, 7) is 0.400. The number of hydrogen-bond acceptors (Lipinski definition) is 3. The third-order valence-electron chi connectivity index (χ3n) is 4.03. The number of rotatable bonds is 4. The van der Waals surface area contributed by atoms with Crippen LogP contribution in [0.2, 0.25) is 0 Å². The molecule has 1 aromatic heterocycles. The first-order valence-electron chi connectivity index (χ1n) is 8.17. The van der Waals surface area contributed by atoms with E-state index in [9.17, 15) is 9.18 Å². The Morgan fingerprint density at radius 2 is 1.62 bits per heavy atom. The molecule has 0 bridgehead atoms. The molecule has 26 heavy (non-hydrogen) atoms. The van der Waals surface area contributed by atoms with Crippen LogP contribution in [0.15, 0.2) is 78.9 Å². The Morgan fingerprint density at radius 1 is 0.923 bits per heavy atom. The number of amides is 1. The molecule has 0 saturated carbocycles. The van der Waals surface area contributed by atoms with Gasteiger partial charge in [-0.25, -0.2) is 9.37 Å². The highest BCUT2D eigenvalue weighted by atomic mass is 32.1.